The molecule has 2 aromatic carbocycles. The third kappa shape index (κ3) is 3.06. The summed E-state index contributed by atoms with van der Waals surface area (Å²) >= 11 is 6.04. The first-order valence-electron chi connectivity index (χ1n) is 7.20. The van der Waals surface area contributed by atoms with Crippen molar-refractivity contribution in [2.24, 2.45) is 7.05 Å². The molecule has 0 bridgehead atoms. The molecule has 5 nitrogen and oxygen atoms in total. The van der Waals surface area contributed by atoms with Gasteiger partial charge in [-0.25, -0.2) is 5.48 Å². The van der Waals surface area contributed by atoms with Gasteiger partial charge in [0, 0.05) is 17.5 Å². The van der Waals surface area contributed by atoms with Gasteiger partial charge < -0.3 is 0 Å². The van der Waals surface area contributed by atoms with Crippen LogP contribution in [0.4, 0.5) is 0 Å². The molecule has 0 aliphatic heterocycles. The third-order valence-corrected chi connectivity index (χ3v) is 4.12. The van der Waals surface area contributed by atoms with Crippen LogP contribution in [0, 0.1) is 0 Å². The van der Waals surface area contributed by atoms with Crippen LogP contribution in [0.1, 0.15) is 17.2 Å². The maximum atomic E-state index is 12.2. The summed E-state index contributed by atoms with van der Waals surface area (Å²) in [6, 6.07) is 15.1. The average Bonchev–Trinajstić information content (AvgIpc) is 2.89. The lowest BCUT2D eigenvalue weighted by Gasteiger charge is -2.13. The molecule has 3 aromatic rings. The van der Waals surface area contributed by atoms with Crippen molar-refractivity contribution in [2.45, 2.75) is 12.3 Å². The maximum Gasteiger partial charge on any atom is 0.252 e. The van der Waals surface area contributed by atoms with Gasteiger partial charge in [-0.15, -0.1) is 0 Å². The van der Waals surface area contributed by atoms with Crippen LogP contribution in [0.15, 0.2) is 48.5 Å². The molecule has 1 atom stereocenters. The van der Waals surface area contributed by atoms with E-state index < -0.39 is 11.8 Å². The van der Waals surface area contributed by atoms with Crippen LogP contribution in [0.5, 0.6) is 0 Å². The minimum absolute atomic E-state index is 0.446. The van der Waals surface area contributed by atoms with E-state index in [1.54, 1.807) is 23.3 Å². The van der Waals surface area contributed by atoms with Gasteiger partial charge in [0.1, 0.15) is 0 Å². The molecule has 1 unspecified atom stereocenters. The fourth-order valence-electron chi connectivity index (χ4n) is 2.76. The van der Waals surface area contributed by atoms with Crippen LogP contribution in [0.25, 0.3) is 10.9 Å². The number of benzene rings is 2. The summed E-state index contributed by atoms with van der Waals surface area (Å²) in [5.74, 6) is -1.07. The lowest BCUT2D eigenvalue weighted by molar-refractivity contribution is -0.130. The second-order valence-electron chi connectivity index (χ2n) is 5.39. The molecular formula is C17H16ClN3O2. The Kier molecular flexibility index (Phi) is 4.32. The Morgan fingerprint density at radius 3 is 2.74 bits per heavy atom. The first-order valence-corrected chi connectivity index (χ1v) is 7.58. The summed E-state index contributed by atoms with van der Waals surface area (Å²) in [7, 11) is 1.80. The quantitative estimate of drug-likeness (QED) is 0.571. The summed E-state index contributed by atoms with van der Waals surface area (Å²) in [5.41, 5.74) is 4.21. The first kappa shape index (κ1) is 15.5. The molecule has 0 radical (unpaired) electrons. The van der Waals surface area contributed by atoms with Crippen molar-refractivity contribution in [3.63, 3.8) is 0 Å². The van der Waals surface area contributed by atoms with Gasteiger partial charge in [-0.3, -0.25) is 14.7 Å². The van der Waals surface area contributed by atoms with Crippen molar-refractivity contribution in [1.82, 2.24) is 15.3 Å². The standard InChI is InChI=1S/C17H16ClN3O2/c1-21-15-10-12(18)7-8-13(15)16(19-21)14(17(22)20-23)9-11-5-3-2-4-6-11/h2-8,10,14,23H,9H2,1H3,(H,20,22). The molecule has 6 heteroatoms. The number of amides is 1. The molecule has 1 heterocycles. The van der Waals surface area contributed by atoms with E-state index in [2.05, 4.69) is 5.10 Å². The number of nitrogens with one attached hydrogen (secondary N) is 1. The minimum atomic E-state index is -0.590. The Bertz CT molecular complexity index is 846. The van der Waals surface area contributed by atoms with Gasteiger partial charge in [0.15, 0.2) is 0 Å². The fraction of sp³-hybridized carbons (Fsp3) is 0.176. The first-order chi connectivity index (χ1) is 11.1. The molecule has 1 amide bonds. The maximum absolute atomic E-state index is 12.2. The second kappa shape index (κ2) is 6.40. The van der Waals surface area contributed by atoms with Crippen LogP contribution >= 0.6 is 11.6 Å². The smallest absolute Gasteiger partial charge is 0.252 e. The van der Waals surface area contributed by atoms with Gasteiger partial charge in [0.05, 0.1) is 17.1 Å². The number of carbonyl (C=O) groups is 1. The van der Waals surface area contributed by atoms with Gasteiger partial charge in [-0.2, -0.15) is 5.10 Å². The number of hydroxylamine groups is 1. The molecule has 3 rings (SSSR count). The van der Waals surface area contributed by atoms with Gasteiger partial charge in [-0.1, -0.05) is 41.9 Å². The summed E-state index contributed by atoms with van der Waals surface area (Å²) in [6.07, 6.45) is 0.446. The lowest BCUT2D eigenvalue weighted by atomic mass is 9.93. The summed E-state index contributed by atoms with van der Waals surface area (Å²) in [5, 5.41) is 15.1. The normalized spacial score (nSPS) is 12.3. The van der Waals surface area contributed by atoms with E-state index in [9.17, 15) is 4.79 Å². The van der Waals surface area contributed by atoms with Crippen molar-refractivity contribution in [2.75, 3.05) is 0 Å². The van der Waals surface area contributed by atoms with Crippen LogP contribution in [-0.2, 0) is 18.3 Å². The van der Waals surface area contributed by atoms with Crippen molar-refractivity contribution < 1.29 is 10.0 Å². The van der Waals surface area contributed by atoms with Gasteiger partial charge in [0.2, 0.25) is 0 Å². The van der Waals surface area contributed by atoms with Crippen molar-refractivity contribution in [3.8, 4) is 0 Å². The summed E-state index contributed by atoms with van der Waals surface area (Å²) in [4.78, 5) is 12.2. The number of fused-ring (bicyclic) bond motifs is 1. The number of halogens is 1. The predicted molar refractivity (Wildman–Crippen MR) is 88.5 cm³/mol. The number of rotatable bonds is 4. The van der Waals surface area contributed by atoms with Crippen molar-refractivity contribution in [3.05, 3.63) is 64.8 Å². The molecule has 0 aliphatic rings. The van der Waals surface area contributed by atoms with Gasteiger partial charge in [0.25, 0.3) is 5.91 Å². The van der Waals surface area contributed by atoms with Crippen LogP contribution in [0.3, 0.4) is 0 Å². The zero-order valence-electron chi connectivity index (χ0n) is 12.5. The van der Waals surface area contributed by atoms with E-state index in [1.807, 2.05) is 42.5 Å². The zero-order chi connectivity index (χ0) is 16.4. The van der Waals surface area contributed by atoms with Gasteiger partial charge in [-0.05, 0) is 30.2 Å². The minimum Gasteiger partial charge on any atom is -0.289 e. The molecular weight excluding hydrogens is 314 g/mol. The molecule has 0 saturated carbocycles. The van der Waals surface area contributed by atoms with E-state index in [-0.39, 0.29) is 0 Å². The SMILES string of the molecule is Cn1nc(C(Cc2ccccc2)C(=O)NO)c2ccc(Cl)cc21. The van der Waals surface area contributed by atoms with Gasteiger partial charge >= 0.3 is 0 Å². The Morgan fingerprint density at radius 2 is 2.04 bits per heavy atom. The molecule has 1 aromatic heterocycles. The number of nitrogens with zero attached hydrogens (tertiary/aromatic N) is 2. The summed E-state index contributed by atoms with van der Waals surface area (Å²) < 4.78 is 1.69. The Morgan fingerprint density at radius 1 is 1.30 bits per heavy atom. The molecule has 118 valence electrons. The van der Waals surface area contributed by atoms with E-state index in [0.29, 0.717) is 17.1 Å². The molecule has 23 heavy (non-hydrogen) atoms. The fourth-order valence-corrected chi connectivity index (χ4v) is 2.92. The second-order valence-corrected chi connectivity index (χ2v) is 5.83. The zero-order valence-corrected chi connectivity index (χ0v) is 13.3. The number of aryl methyl sites for hydroxylation is 1. The third-order valence-electron chi connectivity index (χ3n) is 3.88. The van der Waals surface area contributed by atoms with E-state index >= 15 is 0 Å². The largest absolute Gasteiger partial charge is 0.289 e. The number of hydrogen-bond donors (Lipinski definition) is 2. The van der Waals surface area contributed by atoms with Crippen LogP contribution in [-0.4, -0.2) is 20.9 Å². The van der Waals surface area contributed by atoms with E-state index in [1.165, 1.54) is 0 Å². The highest BCUT2D eigenvalue weighted by Crippen LogP contribution is 2.29. The van der Waals surface area contributed by atoms with Crippen molar-refractivity contribution in [1.29, 1.82) is 0 Å². The lowest BCUT2D eigenvalue weighted by Crippen LogP contribution is -2.28. The monoisotopic (exact) mass is 329 g/mol. The highest BCUT2D eigenvalue weighted by molar-refractivity contribution is 6.31. The molecule has 0 saturated heterocycles. The van der Waals surface area contributed by atoms with E-state index in [0.717, 1.165) is 16.5 Å². The Balaban J connectivity index is 2.08. The van der Waals surface area contributed by atoms with Crippen LogP contribution < -0.4 is 5.48 Å². The van der Waals surface area contributed by atoms with Crippen LogP contribution in [0.2, 0.25) is 5.02 Å². The number of carbonyl (C=O) groups excluding carboxylic acids is 1. The topological polar surface area (TPSA) is 67.2 Å². The summed E-state index contributed by atoms with van der Waals surface area (Å²) in [6.45, 7) is 0. The molecule has 0 aliphatic carbocycles. The van der Waals surface area contributed by atoms with E-state index in [4.69, 9.17) is 16.8 Å². The van der Waals surface area contributed by atoms with Crippen molar-refractivity contribution >= 4 is 28.4 Å². The molecule has 0 spiro atoms. The highest BCUT2D eigenvalue weighted by atomic mass is 35.5. The number of aromatic nitrogens is 2. The Labute approximate surface area is 138 Å². The molecule has 2 N–H and O–H groups in total. The average molecular weight is 330 g/mol. The predicted octanol–water partition coefficient (Wildman–Crippen LogP) is 3.06. The molecule has 0 fully saturated rings. The highest BCUT2D eigenvalue weighted by Gasteiger charge is 2.26. The number of hydrogen-bond acceptors (Lipinski definition) is 3. The Hall–Kier alpha value is -2.37.